The molecule has 3 heterocycles. The highest BCUT2D eigenvalue weighted by Gasteiger charge is 2.21. The highest BCUT2D eigenvalue weighted by molar-refractivity contribution is 7.18. The van der Waals surface area contributed by atoms with Crippen LogP contribution in [0.3, 0.4) is 0 Å². The number of thiophene rings is 1. The molecule has 3 aromatic rings. The molecule has 0 spiro atoms. The number of carbonyl (C=O) groups excluding carboxylic acids is 1. The van der Waals surface area contributed by atoms with E-state index in [1.54, 1.807) is 17.7 Å². The average molecular weight is 382 g/mol. The number of para-hydroxylation sites is 1. The van der Waals surface area contributed by atoms with Crippen molar-refractivity contribution in [1.82, 2.24) is 14.9 Å². The number of nitrogens with one attached hydrogen (secondary N) is 1. The monoisotopic (exact) mass is 381 g/mol. The summed E-state index contributed by atoms with van der Waals surface area (Å²) in [5.74, 6) is 0.854. The zero-order valence-electron chi connectivity index (χ0n) is 15.4. The van der Waals surface area contributed by atoms with Gasteiger partial charge in [-0.15, -0.1) is 11.3 Å². The molecule has 0 radical (unpaired) electrons. The fourth-order valence-corrected chi connectivity index (χ4v) is 4.28. The van der Waals surface area contributed by atoms with Crippen molar-refractivity contribution in [3.63, 3.8) is 0 Å². The molecule has 0 unspecified atom stereocenters. The van der Waals surface area contributed by atoms with Gasteiger partial charge in [0, 0.05) is 36.7 Å². The molecule has 1 N–H and O–H groups in total. The summed E-state index contributed by atoms with van der Waals surface area (Å²) in [7, 11) is 0. The molecule has 0 bridgehead atoms. The van der Waals surface area contributed by atoms with Crippen molar-refractivity contribution in [2.24, 2.45) is 0 Å². The smallest absolute Gasteiger partial charge is 0.242 e. The number of nitrogens with zero attached hydrogens (tertiary/aromatic N) is 4. The summed E-state index contributed by atoms with van der Waals surface area (Å²) in [6, 6.07) is 12.5. The van der Waals surface area contributed by atoms with Crippen molar-refractivity contribution in [2.75, 3.05) is 42.9 Å². The van der Waals surface area contributed by atoms with E-state index in [4.69, 9.17) is 0 Å². The van der Waals surface area contributed by atoms with Crippen molar-refractivity contribution in [2.45, 2.75) is 13.3 Å². The Labute approximate surface area is 162 Å². The van der Waals surface area contributed by atoms with Crippen LogP contribution in [0, 0.1) is 0 Å². The number of rotatable bonds is 5. The van der Waals surface area contributed by atoms with E-state index in [-0.39, 0.29) is 12.5 Å². The Morgan fingerprint density at radius 2 is 1.93 bits per heavy atom. The Bertz CT molecular complexity index is 919. The first-order valence-corrected chi connectivity index (χ1v) is 10.1. The molecule has 1 aliphatic heterocycles. The fourth-order valence-electron chi connectivity index (χ4n) is 3.34. The summed E-state index contributed by atoms with van der Waals surface area (Å²) in [4.78, 5) is 27.8. The predicted octanol–water partition coefficient (Wildman–Crippen LogP) is 3.01. The SMILES string of the molecule is CCc1cc2c(NCC(=O)N3CCN(c4ccccc4)CC3)ncnc2s1. The molecule has 1 aromatic carbocycles. The van der Waals surface area contributed by atoms with Crippen LogP contribution in [-0.4, -0.2) is 53.5 Å². The zero-order valence-corrected chi connectivity index (χ0v) is 16.2. The summed E-state index contributed by atoms with van der Waals surface area (Å²) in [6.07, 6.45) is 2.54. The molecule has 0 saturated carbocycles. The lowest BCUT2D eigenvalue weighted by molar-refractivity contribution is -0.129. The van der Waals surface area contributed by atoms with Gasteiger partial charge < -0.3 is 15.1 Å². The van der Waals surface area contributed by atoms with Crippen LogP contribution in [0.5, 0.6) is 0 Å². The van der Waals surface area contributed by atoms with E-state index < -0.39 is 0 Å². The topological polar surface area (TPSA) is 61.4 Å². The molecular formula is C20H23N5OS. The minimum atomic E-state index is 0.111. The van der Waals surface area contributed by atoms with Crippen molar-refractivity contribution in [3.05, 3.63) is 47.6 Å². The number of carbonyl (C=O) groups is 1. The number of amides is 1. The summed E-state index contributed by atoms with van der Waals surface area (Å²) >= 11 is 1.68. The first kappa shape index (κ1) is 17.7. The zero-order chi connectivity index (χ0) is 18.6. The molecular weight excluding hydrogens is 358 g/mol. The van der Waals surface area contributed by atoms with E-state index >= 15 is 0 Å². The normalized spacial score (nSPS) is 14.6. The summed E-state index contributed by atoms with van der Waals surface area (Å²) in [5.41, 5.74) is 1.22. The second-order valence-corrected chi connectivity index (χ2v) is 7.68. The van der Waals surface area contributed by atoms with Gasteiger partial charge in [0.2, 0.25) is 5.91 Å². The van der Waals surface area contributed by atoms with E-state index in [2.05, 4.69) is 45.3 Å². The maximum absolute atomic E-state index is 12.6. The highest BCUT2D eigenvalue weighted by Crippen LogP contribution is 2.28. The van der Waals surface area contributed by atoms with Gasteiger partial charge in [-0.25, -0.2) is 9.97 Å². The largest absolute Gasteiger partial charge is 0.368 e. The number of fused-ring (bicyclic) bond motifs is 1. The number of anilines is 2. The first-order chi connectivity index (χ1) is 13.2. The average Bonchev–Trinajstić information content (AvgIpc) is 3.17. The lowest BCUT2D eigenvalue weighted by Crippen LogP contribution is -2.50. The number of piperazine rings is 1. The molecule has 1 aliphatic rings. The first-order valence-electron chi connectivity index (χ1n) is 9.29. The van der Waals surface area contributed by atoms with Gasteiger partial charge in [0.05, 0.1) is 11.9 Å². The molecule has 6 nitrogen and oxygen atoms in total. The minimum absolute atomic E-state index is 0.111. The molecule has 140 valence electrons. The maximum atomic E-state index is 12.6. The minimum Gasteiger partial charge on any atom is -0.368 e. The van der Waals surface area contributed by atoms with Crippen LogP contribution in [-0.2, 0) is 11.2 Å². The number of aromatic nitrogens is 2. The number of aryl methyl sites for hydroxylation is 1. The highest BCUT2D eigenvalue weighted by atomic mass is 32.1. The van der Waals surface area contributed by atoms with Gasteiger partial charge in [-0.1, -0.05) is 25.1 Å². The van der Waals surface area contributed by atoms with E-state index in [1.165, 1.54) is 10.6 Å². The molecule has 1 saturated heterocycles. The molecule has 27 heavy (non-hydrogen) atoms. The van der Waals surface area contributed by atoms with Crippen LogP contribution in [0.25, 0.3) is 10.2 Å². The second-order valence-electron chi connectivity index (χ2n) is 6.56. The van der Waals surface area contributed by atoms with E-state index in [9.17, 15) is 4.79 Å². The molecule has 1 fully saturated rings. The van der Waals surface area contributed by atoms with Crippen LogP contribution >= 0.6 is 11.3 Å². The maximum Gasteiger partial charge on any atom is 0.242 e. The van der Waals surface area contributed by atoms with Crippen LogP contribution in [0.15, 0.2) is 42.7 Å². The number of hydrogen-bond donors (Lipinski definition) is 1. The van der Waals surface area contributed by atoms with E-state index in [0.29, 0.717) is 0 Å². The quantitative estimate of drug-likeness (QED) is 0.736. The van der Waals surface area contributed by atoms with Gasteiger partial charge in [-0.2, -0.15) is 0 Å². The van der Waals surface area contributed by atoms with Crippen molar-refractivity contribution in [3.8, 4) is 0 Å². The number of hydrogen-bond acceptors (Lipinski definition) is 6. The van der Waals surface area contributed by atoms with Gasteiger partial charge in [-0.3, -0.25) is 4.79 Å². The van der Waals surface area contributed by atoms with Crippen molar-refractivity contribution in [1.29, 1.82) is 0 Å². The van der Waals surface area contributed by atoms with Crippen LogP contribution < -0.4 is 10.2 Å². The lowest BCUT2D eigenvalue weighted by Gasteiger charge is -2.36. The fraction of sp³-hybridized carbons (Fsp3) is 0.350. The van der Waals surface area contributed by atoms with Gasteiger partial charge in [0.25, 0.3) is 0 Å². The Balaban J connectivity index is 1.35. The molecule has 4 rings (SSSR count). The molecule has 0 aliphatic carbocycles. The van der Waals surface area contributed by atoms with Crippen LogP contribution in [0.2, 0.25) is 0 Å². The van der Waals surface area contributed by atoms with Gasteiger partial charge in [-0.05, 0) is 24.6 Å². The predicted molar refractivity (Wildman–Crippen MR) is 111 cm³/mol. The third-order valence-electron chi connectivity index (χ3n) is 4.89. The van der Waals surface area contributed by atoms with Crippen molar-refractivity contribution >= 4 is 39.0 Å². The summed E-state index contributed by atoms with van der Waals surface area (Å²) in [5, 5.41) is 4.22. The summed E-state index contributed by atoms with van der Waals surface area (Å²) in [6.45, 7) is 5.59. The second kappa shape index (κ2) is 7.92. The Hall–Kier alpha value is -2.67. The summed E-state index contributed by atoms with van der Waals surface area (Å²) < 4.78 is 0. The standard InChI is InChI=1S/C20H23N5OS/c1-2-16-12-17-19(22-14-23-20(17)27-16)21-13-18(26)25-10-8-24(9-11-25)15-6-4-3-5-7-15/h3-7,12,14H,2,8-11,13H2,1H3,(H,21,22,23). The Morgan fingerprint density at radius 3 is 2.67 bits per heavy atom. The van der Waals surface area contributed by atoms with E-state index in [1.807, 2.05) is 23.1 Å². The lowest BCUT2D eigenvalue weighted by atomic mass is 10.2. The Kier molecular flexibility index (Phi) is 5.20. The molecule has 2 aromatic heterocycles. The third-order valence-corrected chi connectivity index (χ3v) is 6.08. The van der Waals surface area contributed by atoms with Gasteiger partial charge in [0.15, 0.2) is 0 Å². The van der Waals surface area contributed by atoms with Crippen molar-refractivity contribution < 1.29 is 4.79 Å². The van der Waals surface area contributed by atoms with Crippen LogP contribution in [0.1, 0.15) is 11.8 Å². The number of benzene rings is 1. The molecule has 1 amide bonds. The Morgan fingerprint density at radius 1 is 1.15 bits per heavy atom. The van der Waals surface area contributed by atoms with Gasteiger partial charge >= 0.3 is 0 Å². The van der Waals surface area contributed by atoms with Gasteiger partial charge in [0.1, 0.15) is 17.0 Å². The van der Waals surface area contributed by atoms with E-state index in [0.717, 1.165) is 48.6 Å². The third kappa shape index (κ3) is 3.88. The van der Waals surface area contributed by atoms with Crippen LogP contribution in [0.4, 0.5) is 11.5 Å². The molecule has 7 heteroatoms. The molecule has 0 atom stereocenters.